The van der Waals surface area contributed by atoms with Crippen LogP contribution in [0.25, 0.3) is 11.0 Å². The smallest absolute Gasteiger partial charge is 0.218 e. The molecule has 0 aliphatic rings. The summed E-state index contributed by atoms with van der Waals surface area (Å²) in [5.41, 5.74) is 2.17. The first kappa shape index (κ1) is 16.5. The summed E-state index contributed by atoms with van der Waals surface area (Å²) in [6, 6.07) is 3.60. The summed E-state index contributed by atoms with van der Waals surface area (Å²) < 4.78 is 11.8. The van der Waals surface area contributed by atoms with Gasteiger partial charge in [0.2, 0.25) is 11.3 Å². The number of ether oxygens (including phenoxy) is 1. The van der Waals surface area contributed by atoms with Crippen molar-refractivity contribution in [3.63, 3.8) is 0 Å². The molecule has 0 aliphatic heterocycles. The van der Waals surface area contributed by atoms with Crippen molar-refractivity contribution < 1.29 is 21.6 Å². The molecule has 1 heterocycles. The third-order valence-electron chi connectivity index (χ3n) is 3.35. The predicted octanol–water partition coefficient (Wildman–Crippen LogP) is -0.381. The van der Waals surface area contributed by atoms with E-state index < -0.39 is 0 Å². The van der Waals surface area contributed by atoms with E-state index in [9.17, 15) is 4.79 Å². The van der Waals surface area contributed by atoms with Gasteiger partial charge in [-0.15, -0.1) is 0 Å². The van der Waals surface area contributed by atoms with Crippen LogP contribution in [0.4, 0.5) is 5.69 Å². The number of methoxy groups -OCH3 is 1. The molecule has 0 N–H and O–H groups in total. The molecule has 0 atom stereocenters. The molecule has 0 radical (unpaired) electrons. The average molecular weight is 298 g/mol. The van der Waals surface area contributed by atoms with E-state index in [2.05, 4.69) is 0 Å². The van der Waals surface area contributed by atoms with Crippen LogP contribution in [0.5, 0.6) is 5.75 Å². The Morgan fingerprint density at radius 1 is 1.15 bits per heavy atom. The van der Waals surface area contributed by atoms with Crippen LogP contribution in [0.2, 0.25) is 0 Å². The van der Waals surface area contributed by atoms with Crippen LogP contribution in [-0.2, 0) is 0 Å². The number of hydrogen-bond acceptors (Lipinski definition) is 3. The minimum Gasteiger partial charge on any atom is -1.00 e. The Bertz CT molecular complexity index is 699. The number of rotatable bonds is 2. The summed E-state index contributed by atoms with van der Waals surface area (Å²) in [5.74, 6) is 1.38. The lowest BCUT2D eigenvalue weighted by Gasteiger charge is -2.25. The molecule has 2 rings (SSSR count). The van der Waals surface area contributed by atoms with Crippen molar-refractivity contribution in [2.75, 3.05) is 28.3 Å². The van der Waals surface area contributed by atoms with Gasteiger partial charge in [0.15, 0.2) is 11.2 Å². The number of hydrogen-bond donors (Lipinski definition) is 0. The summed E-state index contributed by atoms with van der Waals surface area (Å²) in [5, 5.41) is 0.604. The molecule has 0 saturated heterocycles. The highest BCUT2D eigenvalue weighted by molar-refractivity contribution is 5.91. The lowest BCUT2D eigenvalue weighted by molar-refractivity contribution is -0.00000529. The first-order valence-corrected chi connectivity index (χ1v) is 6.20. The van der Waals surface area contributed by atoms with Crippen LogP contribution in [0.1, 0.15) is 11.3 Å². The van der Waals surface area contributed by atoms with Gasteiger partial charge in [0.1, 0.15) is 5.76 Å². The molecule has 1 aromatic carbocycles. The highest BCUT2D eigenvalue weighted by Gasteiger charge is 2.26. The Morgan fingerprint density at radius 3 is 2.25 bits per heavy atom. The van der Waals surface area contributed by atoms with Crippen molar-refractivity contribution in [3.05, 3.63) is 33.7 Å². The molecule has 0 unspecified atom stereocenters. The number of nitrogens with zero attached hydrogens (tertiary/aromatic N) is 1. The Balaban J connectivity index is 0.00000200. The fourth-order valence-corrected chi connectivity index (χ4v) is 2.23. The van der Waals surface area contributed by atoms with Gasteiger partial charge in [-0.25, -0.2) is 0 Å². The maximum atomic E-state index is 12.3. The van der Waals surface area contributed by atoms with Gasteiger partial charge < -0.3 is 21.6 Å². The van der Waals surface area contributed by atoms with Gasteiger partial charge in [-0.3, -0.25) is 9.28 Å². The van der Waals surface area contributed by atoms with Crippen LogP contribution in [0, 0.1) is 13.8 Å². The average Bonchev–Trinajstić information content (AvgIpc) is 2.33. The molecule has 0 bridgehead atoms. The number of halogens is 1. The van der Waals surface area contributed by atoms with Crippen molar-refractivity contribution in [2.45, 2.75) is 13.8 Å². The monoisotopic (exact) mass is 297 g/mol. The standard InChI is InChI=1S/C15H20NO3.ClH/c1-9-10(2)19-15-11(14(9)17)7-8-12(18-6)13(15)16(3,4)5;/h7-8H,1-6H3;1H/q+1;/p-1. The molecule has 4 nitrogen and oxygen atoms in total. The zero-order chi connectivity index (χ0) is 14.4. The van der Waals surface area contributed by atoms with E-state index in [1.165, 1.54) is 0 Å². The molecule has 0 aliphatic carbocycles. The van der Waals surface area contributed by atoms with Gasteiger partial charge in [0.05, 0.1) is 33.6 Å². The van der Waals surface area contributed by atoms with E-state index in [1.807, 2.05) is 34.1 Å². The fraction of sp³-hybridized carbons (Fsp3) is 0.400. The lowest BCUT2D eigenvalue weighted by atomic mass is 10.1. The Labute approximate surface area is 125 Å². The van der Waals surface area contributed by atoms with Gasteiger partial charge in [-0.05, 0) is 26.0 Å². The second-order valence-corrected chi connectivity index (χ2v) is 5.62. The van der Waals surface area contributed by atoms with Crippen molar-refractivity contribution in [1.29, 1.82) is 0 Å². The first-order chi connectivity index (χ1) is 8.77. The topological polar surface area (TPSA) is 39.4 Å². The van der Waals surface area contributed by atoms with E-state index in [4.69, 9.17) is 9.15 Å². The molecule has 0 spiro atoms. The van der Waals surface area contributed by atoms with Gasteiger partial charge in [0, 0.05) is 5.56 Å². The zero-order valence-electron chi connectivity index (χ0n) is 12.7. The molecule has 1 aromatic heterocycles. The van der Waals surface area contributed by atoms with E-state index >= 15 is 0 Å². The first-order valence-electron chi connectivity index (χ1n) is 6.20. The van der Waals surface area contributed by atoms with Crippen LogP contribution in [0.3, 0.4) is 0 Å². The molecule has 5 heteroatoms. The molecule has 20 heavy (non-hydrogen) atoms. The minimum atomic E-state index is 0. The molecule has 2 aromatic rings. The Kier molecular flexibility index (Phi) is 4.52. The maximum absolute atomic E-state index is 12.3. The highest BCUT2D eigenvalue weighted by Crippen LogP contribution is 2.37. The predicted molar refractivity (Wildman–Crippen MR) is 78.1 cm³/mol. The number of fused-ring (bicyclic) bond motifs is 1. The van der Waals surface area contributed by atoms with Crippen molar-refractivity contribution in [2.24, 2.45) is 0 Å². The van der Waals surface area contributed by atoms with E-state index in [1.54, 1.807) is 20.1 Å². The van der Waals surface area contributed by atoms with E-state index in [0.29, 0.717) is 26.8 Å². The van der Waals surface area contributed by atoms with Gasteiger partial charge >= 0.3 is 0 Å². The number of quaternary nitrogens is 1. The minimum absolute atomic E-state index is 0. The summed E-state index contributed by atoms with van der Waals surface area (Å²) >= 11 is 0. The summed E-state index contributed by atoms with van der Waals surface area (Å²) in [6.07, 6.45) is 0. The molecule has 0 fully saturated rings. The Hall–Kier alpha value is -1.52. The second-order valence-electron chi connectivity index (χ2n) is 5.62. The molecule has 0 amide bonds. The fourth-order valence-electron chi connectivity index (χ4n) is 2.23. The van der Waals surface area contributed by atoms with Crippen molar-refractivity contribution in [1.82, 2.24) is 4.48 Å². The number of aryl methyl sites for hydroxylation is 1. The van der Waals surface area contributed by atoms with Crippen LogP contribution in [-0.4, -0.2) is 28.3 Å². The van der Waals surface area contributed by atoms with Crippen LogP contribution >= 0.6 is 0 Å². The third kappa shape index (κ3) is 2.53. The van der Waals surface area contributed by atoms with Crippen molar-refractivity contribution in [3.8, 4) is 5.75 Å². The second kappa shape index (κ2) is 5.46. The Morgan fingerprint density at radius 2 is 1.75 bits per heavy atom. The molecule has 110 valence electrons. The normalized spacial score (nSPS) is 11.3. The maximum Gasteiger partial charge on any atom is 0.218 e. The van der Waals surface area contributed by atoms with Gasteiger partial charge in [0.25, 0.3) is 0 Å². The lowest BCUT2D eigenvalue weighted by Crippen LogP contribution is -3.00. The summed E-state index contributed by atoms with van der Waals surface area (Å²) in [7, 11) is 7.69. The molecule has 0 saturated carbocycles. The van der Waals surface area contributed by atoms with E-state index in [0.717, 1.165) is 11.4 Å². The SMILES string of the molecule is COc1ccc2c(=O)c(C)c(C)oc2c1[N+](C)(C)C.[Cl-]. The van der Waals surface area contributed by atoms with Crippen molar-refractivity contribution >= 4 is 16.7 Å². The zero-order valence-corrected chi connectivity index (χ0v) is 13.5. The van der Waals surface area contributed by atoms with E-state index in [-0.39, 0.29) is 17.8 Å². The number of benzene rings is 1. The van der Waals surface area contributed by atoms with Crippen LogP contribution < -0.4 is 27.1 Å². The largest absolute Gasteiger partial charge is 1.00 e. The van der Waals surface area contributed by atoms with Crippen LogP contribution in [0.15, 0.2) is 21.3 Å². The van der Waals surface area contributed by atoms with Gasteiger partial charge in [-0.2, -0.15) is 0 Å². The molecular weight excluding hydrogens is 278 g/mol. The van der Waals surface area contributed by atoms with Gasteiger partial charge in [-0.1, -0.05) is 0 Å². The quantitative estimate of drug-likeness (QED) is 0.710. The highest BCUT2D eigenvalue weighted by atomic mass is 35.5. The summed E-state index contributed by atoms with van der Waals surface area (Å²) in [4.78, 5) is 12.3. The third-order valence-corrected chi connectivity index (χ3v) is 3.35. The molecular formula is C15H20ClNO3. The summed E-state index contributed by atoms with van der Waals surface area (Å²) in [6.45, 7) is 3.60.